The van der Waals surface area contributed by atoms with Gasteiger partial charge in [-0.1, -0.05) is 24.3 Å². The van der Waals surface area contributed by atoms with E-state index in [1.807, 2.05) is 31.3 Å². The fourth-order valence-corrected chi connectivity index (χ4v) is 4.32. The van der Waals surface area contributed by atoms with Crippen LogP contribution in [-0.4, -0.2) is 44.8 Å². The van der Waals surface area contributed by atoms with Crippen molar-refractivity contribution in [3.63, 3.8) is 0 Å². The molecule has 3 aromatic rings. The number of rotatable bonds is 2. The van der Waals surface area contributed by atoms with Crippen molar-refractivity contribution < 1.29 is 13.5 Å². The third-order valence-electron chi connectivity index (χ3n) is 5.70. The molecule has 0 spiro atoms. The summed E-state index contributed by atoms with van der Waals surface area (Å²) >= 11 is 0. The van der Waals surface area contributed by atoms with Crippen LogP contribution in [0.3, 0.4) is 0 Å². The molecule has 2 aliphatic heterocycles. The van der Waals surface area contributed by atoms with Gasteiger partial charge in [-0.15, -0.1) is 0 Å². The van der Waals surface area contributed by atoms with Crippen molar-refractivity contribution in [2.24, 2.45) is 0 Å². The first-order valence-corrected chi connectivity index (χ1v) is 9.51. The number of hydrogen-bond donors (Lipinski definition) is 0. The molecule has 5 rings (SSSR count). The zero-order chi connectivity index (χ0) is 18.4. The second-order valence-electron chi connectivity index (χ2n) is 7.50. The molecule has 0 aliphatic carbocycles. The lowest BCUT2D eigenvalue weighted by Crippen LogP contribution is -2.38. The van der Waals surface area contributed by atoms with Gasteiger partial charge in [0.25, 0.3) is 0 Å². The number of benzene rings is 2. The van der Waals surface area contributed by atoms with Gasteiger partial charge in [0.05, 0.1) is 24.8 Å². The van der Waals surface area contributed by atoms with E-state index in [1.165, 1.54) is 0 Å². The Bertz CT molecular complexity index is 945. The fourth-order valence-electron chi connectivity index (χ4n) is 4.32. The summed E-state index contributed by atoms with van der Waals surface area (Å²) in [6.07, 6.45) is 0. The van der Waals surface area contributed by atoms with Gasteiger partial charge in [0.2, 0.25) is 0 Å². The highest BCUT2D eigenvalue weighted by Gasteiger charge is 2.31. The van der Waals surface area contributed by atoms with Crippen molar-refractivity contribution in [2.45, 2.75) is 12.5 Å². The van der Waals surface area contributed by atoms with Crippen LogP contribution in [0.1, 0.15) is 22.8 Å². The standard InChI is InChI=1S/C22H23FN2O2/c1-24-13-17(21-12-15-4-2-3-5-20(15)27-21)16-6-7-19(22(23)18(16)14-24)25-8-10-26-11-9-25/h2-7,12,17H,8-11,13-14H2,1H3. The summed E-state index contributed by atoms with van der Waals surface area (Å²) in [5, 5.41) is 1.09. The van der Waals surface area contributed by atoms with Gasteiger partial charge >= 0.3 is 0 Å². The summed E-state index contributed by atoms with van der Waals surface area (Å²) in [7, 11) is 2.04. The quantitative estimate of drug-likeness (QED) is 0.686. The van der Waals surface area contributed by atoms with Gasteiger partial charge in [0.15, 0.2) is 5.82 Å². The highest BCUT2D eigenvalue weighted by Crippen LogP contribution is 2.39. The number of fused-ring (bicyclic) bond motifs is 2. The molecular formula is C22H23FN2O2. The maximum absolute atomic E-state index is 15.5. The third kappa shape index (κ3) is 2.91. The molecule has 0 radical (unpaired) electrons. The molecule has 0 bridgehead atoms. The molecular weight excluding hydrogens is 343 g/mol. The normalized spacial score (nSPS) is 20.8. The van der Waals surface area contributed by atoms with Crippen molar-refractivity contribution in [2.75, 3.05) is 44.8 Å². The highest BCUT2D eigenvalue weighted by atomic mass is 19.1. The zero-order valence-electron chi connectivity index (χ0n) is 15.5. The number of nitrogens with zero attached hydrogens (tertiary/aromatic N) is 2. The Morgan fingerprint density at radius 3 is 2.70 bits per heavy atom. The van der Waals surface area contributed by atoms with Gasteiger partial charge in [0.1, 0.15) is 11.3 Å². The molecule has 1 atom stereocenters. The lowest BCUT2D eigenvalue weighted by atomic mass is 9.87. The predicted octanol–water partition coefficient (Wildman–Crippen LogP) is 3.99. The Morgan fingerprint density at radius 2 is 1.89 bits per heavy atom. The molecule has 0 saturated carbocycles. The number of para-hydroxylation sites is 1. The first-order chi connectivity index (χ1) is 13.2. The number of furan rings is 1. The van der Waals surface area contributed by atoms with E-state index in [2.05, 4.69) is 28.0 Å². The van der Waals surface area contributed by atoms with Crippen molar-refractivity contribution in [1.29, 1.82) is 0 Å². The van der Waals surface area contributed by atoms with E-state index in [0.29, 0.717) is 25.4 Å². The Kier molecular flexibility index (Phi) is 4.14. The van der Waals surface area contributed by atoms with E-state index >= 15 is 4.39 Å². The van der Waals surface area contributed by atoms with Gasteiger partial charge < -0.3 is 19.0 Å². The summed E-state index contributed by atoms with van der Waals surface area (Å²) in [4.78, 5) is 4.26. The zero-order valence-corrected chi connectivity index (χ0v) is 15.5. The lowest BCUT2D eigenvalue weighted by Gasteiger charge is -2.34. The minimum atomic E-state index is -0.0953. The predicted molar refractivity (Wildman–Crippen MR) is 104 cm³/mol. The van der Waals surface area contributed by atoms with Gasteiger partial charge in [-0.2, -0.15) is 0 Å². The summed E-state index contributed by atoms with van der Waals surface area (Å²) in [6.45, 7) is 4.21. The van der Waals surface area contributed by atoms with E-state index in [-0.39, 0.29) is 11.7 Å². The van der Waals surface area contributed by atoms with Gasteiger partial charge in [0, 0.05) is 37.1 Å². The maximum Gasteiger partial charge on any atom is 0.151 e. The van der Waals surface area contributed by atoms with Gasteiger partial charge in [-0.05, 0) is 30.8 Å². The molecule has 0 N–H and O–H groups in total. The van der Waals surface area contributed by atoms with Crippen LogP contribution in [0.15, 0.2) is 46.9 Å². The van der Waals surface area contributed by atoms with Crippen molar-refractivity contribution in [1.82, 2.24) is 4.90 Å². The van der Waals surface area contributed by atoms with Crippen molar-refractivity contribution in [3.05, 3.63) is 65.2 Å². The molecule has 1 aromatic heterocycles. The summed E-state index contributed by atoms with van der Waals surface area (Å²) in [5.74, 6) is 0.851. The Balaban J connectivity index is 1.57. The Labute approximate surface area is 158 Å². The van der Waals surface area contributed by atoms with E-state index in [4.69, 9.17) is 9.15 Å². The largest absolute Gasteiger partial charge is 0.460 e. The topological polar surface area (TPSA) is 28.9 Å². The maximum atomic E-state index is 15.5. The molecule has 1 fully saturated rings. The van der Waals surface area contributed by atoms with Crippen LogP contribution in [0, 0.1) is 5.82 Å². The third-order valence-corrected chi connectivity index (χ3v) is 5.70. The first-order valence-electron chi connectivity index (χ1n) is 9.51. The van der Waals surface area contributed by atoms with Crippen LogP contribution < -0.4 is 4.90 Å². The van der Waals surface area contributed by atoms with Crippen LogP contribution in [-0.2, 0) is 11.3 Å². The Morgan fingerprint density at radius 1 is 1.07 bits per heavy atom. The summed E-state index contributed by atoms with van der Waals surface area (Å²) < 4.78 is 27.0. The first kappa shape index (κ1) is 16.8. The molecule has 5 heteroatoms. The molecule has 0 amide bonds. The minimum absolute atomic E-state index is 0.0411. The second-order valence-corrected chi connectivity index (χ2v) is 7.50. The molecule has 27 heavy (non-hydrogen) atoms. The molecule has 1 unspecified atom stereocenters. The van der Waals surface area contributed by atoms with E-state index in [9.17, 15) is 0 Å². The molecule has 2 aliphatic rings. The number of anilines is 1. The molecule has 140 valence electrons. The molecule has 4 nitrogen and oxygen atoms in total. The smallest absolute Gasteiger partial charge is 0.151 e. The summed E-state index contributed by atoms with van der Waals surface area (Å²) in [5.41, 5.74) is 3.41. The Hall–Kier alpha value is -2.37. The van der Waals surface area contributed by atoms with Gasteiger partial charge in [-0.3, -0.25) is 0 Å². The van der Waals surface area contributed by atoms with E-state index < -0.39 is 0 Å². The van der Waals surface area contributed by atoms with Crippen LogP contribution in [0.4, 0.5) is 10.1 Å². The van der Waals surface area contributed by atoms with Crippen LogP contribution in [0.2, 0.25) is 0 Å². The number of likely N-dealkylation sites (N-methyl/N-ethyl adjacent to an activating group) is 1. The van der Waals surface area contributed by atoms with Crippen LogP contribution in [0.5, 0.6) is 0 Å². The SMILES string of the molecule is CN1Cc2c(ccc(N3CCOCC3)c2F)C(c2cc3ccccc3o2)C1. The van der Waals surface area contributed by atoms with Crippen molar-refractivity contribution in [3.8, 4) is 0 Å². The monoisotopic (exact) mass is 366 g/mol. The molecule has 2 aromatic carbocycles. The number of ether oxygens (including phenoxy) is 1. The molecule has 3 heterocycles. The van der Waals surface area contributed by atoms with E-state index in [0.717, 1.165) is 47.5 Å². The highest BCUT2D eigenvalue weighted by molar-refractivity contribution is 5.78. The molecule has 1 saturated heterocycles. The van der Waals surface area contributed by atoms with Crippen molar-refractivity contribution >= 4 is 16.7 Å². The second kappa shape index (κ2) is 6.66. The van der Waals surface area contributed by atoms with Crippen LogP contribution >= 0.6 is 0 Å². The number of morpholine rings is 1. The number of hydrogen-bond acceptors (Lipinski definition) is 4. The number of halogens is 1. The van der Waals surface area contributed by atoms with Gasteiger partial charge in [-0.25, -0.2) is 4.39 Å². The van der Waals surface area contributed by atoms with Crippen LogP contribution in [0.25, 0.3) is 11.0 Å². The average molecular weight is 366 g/mol. The lowest BCUT2D eigenvalue weighted by molar-refractivity contribution is 0.122. The van der Waals surface area contributed by atoms with E-state index in [1.54, 1.807) is 0 Å². The summed E-state index contributed by atoms with van der Waals surface area (Å²) in [6, 6.07) is 14.1. The average Bonchev–Trinajstić information content (AvgIpc) is 3.13. The minimum Gasteiger partial charge on any atom is -0.460 e. The fraction of sp³-hybridized carbons (Fsp3) is 0.364.